The van der Waals surface area contributed by atoms with E-state index in [1.165, 1.54) is 0 Å². The van der Waals surface area contributed by atoms with Crippen LogP contribution in [-0.2, 0) is 4.79 Å². The van der Waals surface area contributed by atoms with Gasteiger partial charge in [-0.2, -0.15) is 0 Å². The molecule has 4 nitrogen and oxygen atoms in total. The maximum Gasteiger partial charge on any atom is 0.320 e. The van der Waals surface area contributed by atoms with Crippen molar-refractivity contribution in [2.24, 2.45) is 0 Å². The van der Waals surface area contributed by atoms with Crippen LogP contribution in [0.1, 0.15) is 37.0 Å². The van der Waals surface area contributed by atoms with E-state index in [2.05, 4.69) is 5.32 Å². The second-order valence-electron chi connectivity index (χ2n) is 4.61. The summed E-state index contributed by atoms with van der Waals surface area (Å²) in [7, 11) is 0. The molecule has 0 radical (unpaired) electrons. The fraction of sp³-hybridized carbons (Fsp3) is 0.500. The van der Waals surface area contributed by atoms with E-state index in [0.29, 0.717) is 11.4 Å². The van der Waals surface area contributed by atoms with Gasteiger partial charge in [-0.25, -0.2) is 0 Å². The molecule has 0 fully saturated rings. The molecule has 19 heavy (non-hydrogen) atoms. The Kier molecular flexibility index (Phi) is 6.28. The summed E-state index contributed by atoms with van der Waals surface area (Å²) in [5, 5.41) is 22.6. The van der Waals surface area contributed by atoms with Crippen molar-refractivity contribution in [3.05, 3.63) is 34.3 Å². The summed E-state index contributed by atoms with van der Waals surface area (Å²) in [4.78, 5) is 11.0. The smallest absolute Gasteiger partial charge is 0.320 e. The van der Waals surface area contributed by atoms with Crippen LogP contribution in [-0.4, -0.2) is 28.8 Å². The van der Waals surface area contributed by atoms with Gasteiger partial charge in [0.1, 0.15) is 6.04 Å². The number of rotatable bonds is 7. The van der Waals surface area contributed by atoms with Gasteiger partial charge >= 0.3 is 5.97 Å². The highest BCUT2D eigenvalue weighted by Gasteiger charge is 2.17. The Bertz CT molecular complexity index is 437. The number of halogens is 1. The second-order valence-corrected chi connectivity index (χ2v) is 5.02. The van der Waals surface area contributed by atoms with Crippen molar-refractivity contribution >= 4 is 17.6 Å². The van der Waals surface area contributed by atoms with Crippen molar-refractivity contribution in [3.63, 3.8) is 0 Å². The summed E-state index contributed by atoms with van der Waals surface area (Å²) in [5.41, 5.74) is 1.62. The zero-order valence-corrected chi connectivity index (χ0v) is 11.9. The Hall–Kier alpha value is -1.10. The average Bonchev–Trinajstić information content (AvgIpc) is 2.37. The number of aliphatic hydroxyl groups excluding tert-OH is 1. The first-order chi connectivity index (χ1) is 8.95. The molecular formula is C14H20ClNO3. The van der Waals surface area contributed by atoms with Crippen LogP contribution in [0.5, 0.6) is 0 Å². The molecule has 3 N–H and O–H groups in total. The van der Waals surface area contributed by atoms with Gasteiger partial charge in [0, 0.05) is 11.6 Å². The van der Waals surface area contributed by atoms with Gasteiger partial charge in [0.2, 0.25) is 0 Å². The molecule has 0 saturated carbocycles. The molecule has 0 aromatic heterocycles. The minimum absolute atomic E-state index is 0.206. The van der Waals surface area contributed by atoms with E-state index in [-0.39, 0.29) is 6.54 Å². The maximum atomic E-state index is 11.0. The van der Waals surface area contributed by atoms with E-state index in [4.69, 9.17) is 16.7 Å². The molecule has 2 atom stereocenters. The quantitative estimate of drug-likeness (QED) is 0.720. The lowest BCUT2D eigenvalue weighted by molar-refractivity contribution is -0.139. The Morgan fingerprint density at radius 2 is 2.16 bits per heavy atom. The van der Waals surface area contributed by atoms with E-state index in [0.717, 1.165) is 17.5 Å². The molecule has 106 valence electrons. The van der Waals surface area contributed by atoms with Gasteiger partial charge in [-0.15, -0.1) is 0 Å². The predicted octanol–water partition coefficient (Wildman–Crippen LogP) is 2.52. The SMILES string of the molecule is CCCC(NCC(O)c1ccc(Cl)c(C)c1)C(=O)O. The predicted molar refractivity (Wildman–Crippen MR) is 75.5 cm³/mol. The van der Waals surface area contributed by atoms with Crippen LogP contribution in [0.3, 0.4) is 0 Å². The van der Waals surface area contributed by atoms with Gasteiger partial charge in [-0.3, -0.25) is 4.79 Å². The van der Waals surface area contributed by atoms with Crippen LogP contribution < -0.4 is 5.32 Å². The summed E-state index contributed by atoms with van der Waals surface area (Å²) in [5.74, 6) is -0.888. The van der Waals surface area contributed by atoms with Crippen molar-refractivity contribution in [2.45, 2.75) is 38.8 Å². The number of nitrogens with one attached hydrogen (secondary N) is 1. The lowest BCUT2D eigenvalue weighted by atomic mass is 10.1. The van der Waals surface area contributed by atoms with Gasteiger partial charge in [-0.1, -0.05) is 37.1 Å². The van der Waals surface area contributed by atoms with Crippen LogP contribution in [0, 0.1) is 6.92 Å². The maximum absolute atomic E-state index is 11.0. The summed E-state index contributed by atoms with van der Waals surface area (Å²) in [6.07, 6.45) is 0.580. The van der Waals surface area contributed by atoms with Crippen LogP contribution in [0.25, 0.3) is 0 Å². The first-order valence-corrected chi connectivity index (χ1v) is 6.73. The third-order valence-corrected chi connectivity index (χ3v) is 3.42. The zero-order chi connectivity index (χ0) is 14.4. The number of carboxylic acid groups (broad SMARTS) is 1. The number of benzene rings is 1. The van der Waals surface area contributed by atoms with Crippen molar-refractivity contribution in [2.75, 3.05) is 6.54 Å². The summed E-state index contributed by atoms with van der Waals surface area (Å²) >= 11 is 5.92. The van der Waals surface area contributed by atoms with Gasteiger partial charge in [-0.05, 0) is 30.5 Å². The highest BCUT2D eigenvalue weighted by molar-refractivity contribution is 6.31. The minimum atomic E-state index is -0.888. The van der Waals surface area contributed by atoms with Crippen molar-refractivity contribution in [1.29, 1.82) is 0 Å². The van der Waals surface area contributed by atoms with Gasteiger partial charge in [0.25, 0.3) is 0 Å². The lowest BCUT2D eigenvalue weighted by Crippen LogP contribution is -2.38. The van der Waals surface area contributed by atoms with E-state index >= 15 is 0 Å². The molecular weight excluding hydrogens is 266 g/mol. The van der Waals surface area contributed by atoms with Gasteiger partial charge in [0.15, 0.2) is 0 Å². The third kappa shape index (κ3) is 4.82. The number of aliphatic hydroxyl groups is 1. The molecule has 0 heterocycles. The first kappa shape index (κ1) is 16.0. The van der Waals surface area contributed by atoms with Gasteiger partial charge in [0.05, 0.1) is 6.10 Å². The van der Waals surface area contributed by atoms with Crippen LogP contribution in [0.15, 0.2) is 18.2 Å². The molecule has 0 aliphatic rings. The molecule has 0 amide bonds. The number of carboxylic acids is 1. The summed E-state index contributed by atoms with van der Waals surface area (Å²) in [6, 6.07) is 4.67. The van der Waals surface area contributed by atoms with Gasteiger partial charge < -0.3 is 15.5 Å². The third-order valence-electron chi connectivity index (χ3n) is 3.00. The molecule has 1 aromatic rings. The average molecular weight is 286 g/mol. The molecule has 5 heteroatoms. The number of hydrogen-bond acceptors (Lipinski definition) is 3. The summed E-state index contributed by atoms with van der Waals surface area (Å²) in [6.45, 7) is 4.00. The molecule has 0 aliphatic heterocycles. The number of carbonyl (C=O) groups is 1. The van der Waals surface area contributed by atoms with Crippen molar-refractivity contribution in [1.82, 2.24) is 5.32 Å². The van der Waals surface area contributed by atoms with E-state index in [1.807, 2.05) is 19.9 Å². The molecule has 0 saturated heterocycles. The van der Waals surface area contributed by atoms with Crippen LogP contribution in [0.4, 0.5) is 0 Å². The standard InChI is InChI=1S/C14H20ClNO3/c1-3-4-12(14(18)19)16-8-13(17)10-5-6-11(15)9(2)7-10/h5-7,12-13,16-17H,3-4,8H2,1-2H3,(H,18,19). The monoisotopic (exact) mass is 285 g/mol. The Morgan fingerprint density at radius 1 is 1.47 bits per heavy atom. The Balaban J connectivity index is 2.61. The first-order valence-electron chi connectivity index (χ1n) is 6.36. The van der Waals surface area contributed by atoms with Crippen molar-refractivity contribution < 1.29 is 15.0 Å². The number of hydrogen-bond donors (Lipinski definition) is 3. The lowest BCUT2D eigenvalue weighted by Gasteiger charge is -2.17. The molecule has 2 unspecified atom stereocenters. The number of aliphatic carboxylic acids is 1. The van der Waals surface area contributed by atoms with E-state index in [1.54, 1.807) is 12.1 Å². The molecule has 1 aromatic carbocycles. The summed E-state index contributed by atoms with van der Waals surface area (Å²) < 4.78 is 0. The molecule has 1 rings (SSSR count). The zero-order valence-electron chi connectivity index (χ0n) is 11.2. The van der Waals surface area contributed by atoms with E-state index in [9.17, 15) is 9.90 Å². The van der Waals surface area contributed by atoms with Crippen molar-refractivity contribution in [3.8, 4) is 0 Å². The van der Waals surface area contributed by atoms with E-state index < -0.39 is 18.1 Å². The largest absolute Gasteiger partial charge is 0.480 e. The second kappa shape index (κ2) is 7.48. The molecule has 0 bridgehead atoms. The highest BCUT2D eigenvalue weighted by Crippen LogP contribution is 2.20. The molecule has 0 aliphatic carbocycles. The Morgan fingerprint density at radius 3 is 2.68 bits per heavy atom. The topological polar surface area (TPSA) is 69.6 Å². The molecule has 0 spiro atoms. The van der Waals surface area contributed by atoms with Crippen LogP contribution in [0.2, 0.25) is 5.02 Å². The Labute approximate surface area is 118 Å². The highest BCUT2D eigenvalue weighted by atomic mass is 35.5. The minimum Gasteiger partial charge on any atom is -0.480 e. The number of aryl methyl sites for hydroxylation is 1. The normalized spacial score (nSPS) is 14.1. The fourth-order valence-electron chi connectivity index (χ4n) is 1.85. The van der Waals surface area contributed by atoms with Crippen LogP contribution >= 0.6 is 11.6 Å². The fourth-order valence-corrected chi connectivity index (χ4v) is 1.97.